The molecule has 1 fully saturated rings. The summed E-state index contributed by atoms with van der Waals surface area (Å²) in [5.74, 6) is 3.83. The highest BCUT2D eigenvalue weighted by molar-refractivity contribution is 5.97. The van der Waals surface area contributed by atoms with Crippen LogP contribution in [0.4, 0.5) is 4.39 Å². The van der Waals surface area contributed by atoms with Crippen LogP contribution in [0.1, 0.15) is 194 Å². The average Bonchev–Trinajstić information content (AvgIpc) is 3.63. The second kappa shape index (κ2) is 30.4. The van der Waals surface area contributed by atoms with Gasteiger partial charge in [0.2, 0.25) is 0 Å². The second-order valence-electron chi connectivity index (χ2n) is 14.5. The molecule has 1 aliphatic carbocycles. The van der Waals surface area contributed by atoms with Crippen LogP contribution in [0.15, 0.2) is 54.6 Å². The Morgan fingerprint density at radius 3 is 1.86 bits per heavy atom. The Morgan fingerprint density at radius 2 is 1.35 bits per heavy atom. The standard InChI is InChI=1S/C21H25FO2.C10H20.C9H20.C6H12/c1-3-5-7-16-9-12-19(15-20(16)21(23)8-6-4-2)24-18-13-10-17(22)11-14-18;1-2-3-4-7-10-8-5-6-9-10;1-4-7-8-9(5-2)6-3;1-5(2)6(3)4/h9-15H,3-8H2,1-2H3;10H,2-9H2,1H3;9H,4-8H2,1-3H3;6H,1H2,2-4H3. The minimum absolute atomic E-state index is 0.174. The van der Waals surface area contributed by atoms with E-state index in [9.17, 15) is 9.18 Å². The number of hydrogen-bond acceptors (Lipinski definition) is 2. The van der Waals surface area contributed by atoms with Gasteiger partial charge in [0.25, 0.3) is 0 Å². The van der Waals surface area contributed by atoms with Gasteiger partial charge in [0.05, 0.1) is 0 Å². The summed E-state index contributed by atoms with van der Waals surface area (Å²) in [7, 11) is 0. The van der Waals surface area contributed by atoms with Gasteiger partial charge >= 0.3 is 0 Å². The first-order valence-electron chi connectivity index (χ1n) is 20.3. The lowest BCUT2D eigenvalue weighted by Gasteiger charge is -2.12. The van der Waals surface area contributed by atoms with Gasteiger partial charge in [-0.3, -0.25) is 4.79 Å². The molecule has 0 bridgehead atoms. The van der Waals surface area contributed by atoms with Gasteiger partial charge in [0.1, 0.15) is 17.3 Å². The quantitative estimate of drug-likeness (QED) is 0.0838. The van der Waals surface area contributed by atoms with Crippen molar-refractivity contribution in [1.29, 1.82) is 0 Å². The van der Waals surface area contributed by atoms with Gasteiger partial charge in [0.15, 0.2) is 5.78 Å². The van der Waals surface area contributed by atoms with Crippen LogP contribution < -0.4 is 4.74 Å². The number of ketones is 1. The number of hydrogen-bond donors (Lipinski definition) is 0. The monoisotopic (exact) mass is 681 g/mol. The molecule has 0 aromatic heterocycles. The number of ether oxygens (including phenoxy) is 1. The van der Waals surface area contributed by atoms with Crippen molar-refractivity contribution in [2.45, 2.75) is 184 Å². The molecule has 2 aromatic rings. The van der Waals surface area contributed by atoms with Crippen molar-refractivity contribution < 1.29 is 13.9 Å². The van der Waals surface area contributed by atoms with Crippen molar-refractivity contribution in [3.05, 3.63) is 71.6 Å². The molecular weight excluding hydrogens is 604 g/mol. The lowest BCUT2D eigenvalue weighted by atomic mass is 9.96. The zero-order valence-corrected chi connectivity index (χ0v) is 33.6. The fraction of sp³-hybridized carbons (Fsp3) is 0.674. The molecular formula is C46H77FO2. The van der Waals surface area contributed by atoms with Crippen LogP contribution in [0.25, 0.3) is 0 Å². The van der Waals surface area contributed by atoms with Crippen molar-refractivity contribution in [1.82, 2.24) is 0 Å². The van der Waals surface area contributed by atoms with E-state index >= 15 is 0 Å². The molecule has 49 heavy (non-hydrogen) atoms. The Hall–Kier alpha value is -2.42. The molecule has 3 rings (SSSR count). The number of allylic oxidation sites excluding steroid dienone is 1. The number of rotatable bonds is 19. The summed E-state index contributed by atoms with van der Waals surface area (Å²) < 4.78 is 18.8. The predicted octanol–water partition coefficient (Wildman–Crippen LogP) is 15.9. The summed E-state index contributed by atoms with van der Waals surface area (Å²) in [6.07, 6.45) is 24.4. The number of halogens is 1. The van der Waals surface area contributed by atoms with E-state index in [4.69, 9.17) is 4.74 Å². The van der Waals surface area contributed by atoms with Crippen molar-refractivity contribution in [2.75, 3.05) is 0 Å². The van der Waals surface area contributed by atoms with Crippen LogP contribution in [0.3, 0.4) is 0 Å². The Labute approximate surface area is 304 Å². The number of unbranched alkanes of at least 4 members (excludes halogenated alkanes) is 5. The van der Waals surface area contributed by atoms with Crippen LogP contribution in [-0.4, -0.2) is 5.78 Å². The Balaban J connectivity index is 0.000000755. The first kappa shape index (κ1) is 46.6. The molecule has 1 saturated carbocycles. The number of aryl methyl sites for hydroxylation is 1. The van der Waals surface area contributed by atoms with Crippen LogP contribution in [-0.2, 0) is 6.42 Å². The maximum Gasteiger partial charge on any atom is 0.163 e. The van der Waals surface area contributed by atoms with Crippen molar-refractivity contribution in [3.63, 3.8) is 0 Å². The molecule has 1 aliphatic rings. The molecule has 3 heteroatoms. The molecule has 0 radical (unpaired) electrons. The summed E-state index contributed by atoms with van der Waals surface area (Å²) in [4.78, 5) is 12.5. The molecule has 2 aromatic carbocycles. The summed E-state index contributed by atoms with van der Waals surface area (Å²) in [6.45, 7) is 23.5. The number of benzene rings is 2. The fourth-order valence-electron chi connectivity index (χ4n) is 5.75. The predicted molar refractivity (Wildman–Crippen MR) is 215 cm³/mol. The summed E-state index contributed by atoms with van der Waals surface area (Å²) >= 11 is 0. The zero-order valence-electron chi connectivity index (χ0n) is 33.6. The van der Waals surface area contributed by atoms with E-state index in [1.165, 1.54) is 101 Å². The van der Waals surface area contributed by atoms with Crippen LogP contribution in [0.5, 0.6) is 11.5 Å². The molecule has 0 heterocycles. The van der Waals surface area contributed by atoms with Crippen molar-refractivity contribution in [2.24, 2.45) is 17.8 Å². The molecule has 2 nitrogen and oxygen atoms in total. The molecule has 0 unspecified atom stereocenters. The highest BCUT2D eigenvalue weighted by Crippen LogP contribution is 2.29. The molecule has 0 spiro atoms. The summed E-state index contributed by atoms with van der Waals surface area (Å²) in [5.41, 5.74) is 3.11. The molecule has 0 amide bonds. The van der Waals surface area contributed by atoms with Gasteiger partial charge in [0, 0.05) is 12.0 Å². The van der Waals surface area contributed by atoms with Crippen molar-refractivity contribution >= 4 is 5.78 Å². The number of carbonyl (C=O) groups is 1. The van der Waals surface area contributed by atoms with Gasteiger partial charge in [-0.15, -0.1) is 0 Å². The van der Waals surface area contributed by atoms with Crippen LogP contribution in [0.2, 0.25) is 0 Å². The van der Waals surface area contributed by atoms with E-state index in [1.54, 1.807) is 12.1 Å². The largest absolute Gasteiger partial charge is 0.457 e. The number of Topliss-reactive ketones (excluding diaryl/α,β-unsaturated/α-hetero) is 1. The Kier molecular flexibility index (Phi) is 28.9. The topological polar surface area (TPSA) is 26.3 Å². The molecule has 0 aliphatic heterocycles. The minimum atomic E-state index is -0.298. The van der Waals surface area contributed by atoms with Gasteiger partial charge in [-0.05, 0) is 85.9 Å². The molecule has 0 saturated heterocycles. The van der Waals surface area contributed by atoms with E-state index < -0.39 is 0 Å². The van der Waals surface area contributed by atoms with Crippen LogP contribution in [0, 0.1) is 23.6 Å². The van der Waals surface area contributed by atoms with Gasteiger partial charge in [-0.25, -0.2) is 4.39 Å². The lowest BCUT2D eigenvalue weighted by molar-refractivity contribution is 0.0978. The fourth-order valence-corrected chi connectivity index (χ4v) is 5.75. The minimum Gasteiger partial charge on any atom is -0.457 e. The van der Waals surface area contributed by atoms with Crippen LogP contribution >= 0.6 is 0 Å². The number of carbonyl (C=O) groups excluding carboxylic acids is 1. The molecule has 280 valence electrons. The third kappa shape index (κ3) is 23.6. The first-order chi connectivity index (χ1) is 23.6. The first-order valence-corrected chi connectivity index (χ1v) is 20.3. The molecule has 0 N–H and O–H groups in total. The normalized spacial score (nSPS) is 12.4. The van der Waals surface area contributed by atoms with E-state index in [1.807, 2.05) is 25.1 Å². The van der Waals surface area contributed by atoms with E-state index in [2.05, 4.69) is 62.0 Å². The average molecular weight is 681 g/mol. The third-order valence-electron chi connectivity index (χ3n) is 9.79. The summed E-state index contributed by atoms with van der Waals surface area (Å²) in [6, 6.07) is 11.6. The Bertz CT molecular complexity index is 1080. The van der Waals surface area contributed by atoms with Gasteiger partial charge < -0.3 is 4.74 Å². The lowest BCUT2D eigenvalue weighted by Crippen LogP contribution is -2.04. The molecule has 0 atom stereocenters. The Morgan fingerprint density at radius 1 is 0.796 bits per heavy atom. The van der Waals surface area contributed by atoms with Gasteiger partial charge in [-0.1, -0.05) is 170 Å². The van der Waals surface area contributed by atoms with E-state index in [0.717, 1.165) is 55.1 Å². The third-order valence-corrected chi connectivity index (χ3v) is 9.79. The highest BCUT2D eigenvalue weighted by Gasteiger charge is 2.14. The highest BCUT2D eigenvalue weighted by atomic mass is 19.1. The van der Waals surface area contributed by atoms with E-state index in [0.29, 0.717) is 23.8 Å². The smallest absolute Gasteiger partial charge is 0.163 e. The maximum absolute atomic E-state index is 13.0. The van der Waals surface area contributed by atoms with Gasteiger partial charge in [-0.2, -0.15) is 0 Å². The second-order valence-corrected chi connectivity index (χ2v) is 14.5. The zero-order chi connectivity index (χ0) is 36.9. The maximum atomic E-state index is 13.0. The summed E-state index contributed by atoms with van der Waals surface area (Å²) in [5, 5.41) is 0. The van der Waals surface area contributed by atoms with Crippen molar-refractivity contribution in [3.8, 4) is 11.5 Å². The SMILES string of the molecule is C=C(C)C(C)C.CCCCC(=O)c1cc(Oc2ccc(F)cc2)ccc1CCCC.CCCCC(CC)CC.CCCCCC1CCCC1. The van der Waals surface area contributed by atoms with E-state index in [-0.39, 0.29) is 11.6 Å².